The third kappa shape index (κ3) is 5.01. The Bertz CT molecular complexity index is 426. The average Bonchev–Trinajstić information content (AvgIpc) is 2.78. The summed E-state index contributed by atoms with van der Waals surface area (Å²) in [5, 5.41) is 8.65. The molecule has 118 valence electrons. The maximum absolute atomic E-state index is 12.0. The van der Waals surface area contributed by atoms with E-state index in [9.17, 15) is 13.2 Å². The number of carbonyl (C=O) groups is 1. The Kier molecular flexibility index (Phi) is 6.38. The lowest BCUT2D eigenvalue weighted by Gasteiger charge is -2.23. The Morgan fingerprint density at radius 1 is 1.55 bits per heavy atom. The molecule has 0 amide bonds. The number of nitrogens with two attached hydrogens (primary N) is 1. The maximum atomic E-state index is 12.0. The van der Waals surface area contributed by atoms with Crippen LogP contribution in [-0.4, -0.2) is 73.7 Å². The van der Waals surface area contributed by atoms with Gasteiger partial charge in [0.15, 0.2) is 0 Å². The van der Waals surface area contributed by atoms with Crippen LogP contribution in [0.15, 0.2) is 0 Å². The highest BCUT2D eigenvalue weighted by Gasteiger charge is 2.25. The molecule has 1 aliphatic rings. The fourth-order valence-corrected chi connectivity index (χ4v) is 3.62. The molecule has 1 rings (SSSR count). The van der Waals surface area contributed by atoms with Crippen molar-refractivity contribution in [1.29, 1.82) is 0 Å². The molecule has 0 aromatic heterocycles. The van der Waals surface area contributed by atoms with E-state index in [4.69, 9.17) is 10.8 Å². The predicted molar refractivity (Wildman–Crippen MR) is 76.9 cm³/mol. The summed E-state index contributed by atoms with van der Waals surface area (Å²) in [6.07, 6.45) is 3.00. The molecule has 0 aromatic rings. The van der Waals surface area contributed by atoms with Crippen molar-refractivity contribution in [2.24, 2.45) is 5.73 Å². The van der Waals surface area contributed by atoms with Crippen LogP contribution in [0.3, 0.4) is 0 Å². The van der Waals surface area contributed by atoms with Crippen molar-refractivity contribution >= 4 is 16.0 Å². The molecular weight excluding hydrogens is 282 g/mol. The van der Waals surface area contributed by atoms with Crippen LogP contribution in [0, 0.1) is 0 Å². The number of rotatable bonds is 8. The molecule has 2 atom stereocenters. The van der Waals surface area contributed by atoms with Gasteiger partial charge in [-0.2, -0.15) is 0 Å². The summed E-state index contributed by atoms with van der Waals surface area (Å²) >= 11 is 0. The summed E-state index contributed by atoms with van der Waals surface area (Å²) < 4.78 is 25.3. The van der Waals surface area contributed by atoms with Crippen molar-refractivity contribution in [3.05, 3.63) is 0 Å². The Morgan fingerprint density at radius 2 is 2.20 bits per heavy atom. The van der Waals surface area contributed by atoms with Crippen LogP contribution in [-0.2, 0) is 14.8 Å². The number of hydrogen-bond donors (Lipinski definition) is 2. The molecular formula is C12H25N3O4S. The van der Waals surface area contributed by atoms with Crippen molar-refractivity contribution < 1.29 is 18.3 Å². The molecule has 1 saturated heterocycles. The zero-order chi connectivity index (χ0) is 15.3. The van der Waals surface area contributed by atoms with E-state index < -0.39 is 22.0 Å². The van der Waals surface area contributed by atoms with Crippen molar-refractivity contribution in [3.63, 3.8) is 0 Å². The van der Waals surface area contributed by atoms with Gasteiger partial charge in [0, 0.05) is 19.6 Å². The van der Waals surface area contributed by atoms with Crippen LogP contribution in [0.2, 0.25) is 0 Å². The Labute approximate surface area is 120 Å². The van der Waals surface area contributed by atoms with Gasteiger partial charge in [-0.15, -0.1) is 0 Å². The minimum Gasteiger partial charge on any atom is -0.480 e. The lowest BCUT2D eigenvalue weighted by Crippen LogP contribution is -2.37. The number of aliphatic carboxylic acids is 1. The summed E-state index contributed by atoms with van der Waals surface area (Å²) in [4.78, 5) is 12.8. The van der Waals surface area contributed by atoms with Crippen LogP contribution in [0.25, 0.3) is 0 Å². The van der Waals surface area contributed by atoms with Crippen LogP contribution >= 0.6 is 0 Å². The fraction of sp³-hybridized carbons (Fsp3) is 0.917. The van der Waals surface area contributed by atoms with Crippen molar-refractivity contribution in [1.82, 2.24) is 9.21 Å². The molecule has 0 spiro atoms. The second-order valence-electron chi connectivity index (χ2n) is 5.44. The van der Waals surface area contributed by atoms with E-state index in [1.165, 1.54) is 11.4 Å². The zero-order valence-corrected chi connectivity index (χ0v) is 13.0. The molecule has 0 bridgehead atoms. The number of carboxylic acid groups (broad SMARTS) is 1. The van der Waals surface area contributed by atoms with Gasteiger partial charge in [0.1, 0.15) is 6.04 Å². The molecule has 1 heterocycles. The second-order valence-corrected chi connectivity index (χ2v) is 7.63. The lowest BCUT2D eigenvalue weighted by atomic mass is 10.1. The SMILES string of the molecule is CN1CCCC1CCN(C)S(=O)(=O)CC[C@H](N)C(=O)O. The van der Waals surface area contributed by atoms with Gasteiger partial charge >= 0.3 is 5.97 Å². The average molecular weight is 307 g/mol. The van der Waals surface area contributed by atoms with Crippen LogP contribution in [0.5, 0.6) is 0 Å². The highest BCUT2D eigenvalue weighted by atomic mass is 32.2. The summed E-state index contributed by atoms with van der Waals surface area (Å²) in [5.41, 5.74) is 5.33. The molecule has 3 N–H and O–H groups in total. The minimum atomic E-state index is -3.43. The van der Waals surface area contributed by atoms with Gasteiger partial charge in [-0.05, 0) is 39.3 Å². The van der Waals surface area contributed by atoms with Crippen molar-refractivity contribution in [2.75, 3.05) is 32.9 Å². The van der Waals surface area contributed by atoms with Crippen LogP contribution < -0.4 is 5.73 Å². The zero-order valence-electron chi connectivity index (χ0n) is 12.2. The fourth-order valence-electron chi connectivity index (χ4n) is 2.37. The molecule has 0 aliphatic carbocycles. The van der Waals surface area contributed by atoms with E-state index in [1.807, 2.05) is 0 Å². The Balaban J connectivity index is 2.40. The molecule has 1 aliphatic heterocycles. The quantitative estimate of drug-likeness (QED) is 0.628. The van der Waals surface area contributed by atoms with Crippen LogP contribution in [0.4, 0.5) is 0 Å². The van der Waals surface area contributed by atoms with E-state index in [0.29, 0.717) is 12.6 Å². The smallest absolute Gasteiger partial charge is 0.320 e. The monoisotopic (exact) mass is 307 g/mol. The van der Waals surface area contributed by atoms with Gasteiger partial charge in [0.2, 0.25) is 10.0 Å². The Morgan fingerprint density at radius 3 is 2.70 bits per heavy atom. The first-order valence-corrected chi connectivity index (χ1v) is 8.47. The van der Waals surface area contributed by atoms with Gasteiger partial charge in [0.25, 0.3) is 0 Å². The molecule has 20 heavy (non-hydrogen) atoms. The summed E-state index contributed by atoms with van der Waals surface area (Å²) in [5.74, 6) is -1.40. The number of sulfonamides is 1. The molecule has 1 unspecified atom stereocenters. The summed E-state index contributed by atoms with van der Waals surface area (Å²) in [6.45, 7) is 1.52. The van der Waals surface area contributed by atoms with E-state index in [0.717, 1.165) is 25.8 Å². The van der Waals surface area contributed by atoms with Crippen LogP contribution in [0.1, 0.15) is 25.7 Å². The van der Waals surface area contributed by atoms with E-state index in [1.54, 1.807) is 0 Å². The first-order chi connectivity index (χ1) is 9.24. The van der Waals surface area contributed by atoms with Gasteiger partial charge in [-0.1, -0.05) is 0 Å². The summed E-state index contributed by atoms with van der Waals surface area (Å²) in [6, 6.07) is -0.687. The number of nitrogens with zero attached hydrogens (tertiary/aromatic N) is 2. The highest BCUT2D eigenvalue weighted by Crippen LogP contribution is 2.18. The largest absolute Gasteiger partial charge is 0.480 e. The first-order valence-electron chi connectivity index (χ1n) is 6.86. The second kappa shape index (κ2) is 7.35. The molecule has 7 nitrogen and oxygen atoms in total. The van der Waals surface area contributed by atoms with Crippen molar-refractivity contribution in [2.45, 2.75) is 37.8 Å². The normalized spacial score (nSPS) is 22.3. The lowest BCUT2D eigenvalue weighted by molar-refractivity contribution is -0.138. The van der Waals surface area contributed by atoms with Crippen molar-refractivity contribution in [3.8, 4) is 0 Å². The van der Waals surface area contributed by atoms with E-state index >= 15 is 0 Å². The number of likely N-dealkylation sites (tertiary alicyclic amines) is 1. The molecule has 1 fully saturated rings. The third-order valence-corrected chi connectivity index (χ3v) is 5.81. The minimum absolute atomic E-state index is 0.0641. The highest BCUT2D eigenvalue weighted by molar-refractivity contribution is 7.89. The number of carboxylic acids is 1. The maximum Gasteiger partial charge on any atom is 0.320 e. The molecule has 8 heteroatoms. The summed E-state index contributed by atoms with van der Waals surface area (Å²) in [7, 11) is 0.165. The topological polar surface area (TPSA) is 104 Å². The van der Waals surface area contributed by atoms with Gasteiger partial charge < -0.3 is 15.7 Å². The number of hydrogen-bond acceptors (Lipinski definition) is 5. The Hall–Kier alpha value is -0.700. The standard InChI is InChI=1S/C12H25N3O4S/c1-14-7-3-4-10(14)5-8-15(2)20(18,19)9-6-11(13)12(16)17/h10-11H,3-9,13H2,1-2H3,(H,16,17)/t10?,11-/m0/s1. The van der Waals surface area contributed by atoms with Gasteiger partial charge in [-0.25, -0.2) is 12.7 Å². The molecule has 0 radical (unpaired) electrons. The molecule has 0 aromatic carbocycles. The first kappa shape index (κ1) is 17.4. The van der Waals surface area contributed by atoms with E-state index in [-0.39, 0.29) is 12.2 Å². The third-order valence-electron chi connectivity index (χ3n) is 3.93. The van der Waals surface area contributed by atoms with Gasteiger partial charge in [-0.3, -0.25) is 4.79 Å². The molecule has 0 saturated carbocycles. The predicted octanol–water partition coefficient (Wildman–Crippen LogP) is -0.466. The van der Waals surface area contributed by atoms with Gasteiger partial charge in [0.05, 0.1) is 5.75 Å². The van der Waals surface area contributed by atoms with E-state index in [2.05, 4.69) is 11.9 Å².